The van der Waals surface area contributed by atoms with Crippen molar-refractivity contribution in [1.82, 2.24) is 20.9 Å². The number of hydrogen-bond acceptors (Lipinski definition) is 4. The van der Waals surface area contributed by atoms with Gasteiger partial charge < -0.3 is 10.6 Å². The number of likely N-dealkylation sites (N-methyl/N-ethyl adjacent to an activating group) is 2. The number of likely N-dealkylation sites (tertiary alicyclic amines) is 1. The van der Waals surface area contributed by atoms with Crippen molar-refractivity contribution in [2.24, 2.45) is 11.3 Å². The molecule has 2 rings (SSSR count). The fourth-order valence-corrected chi connectivity index (χ4v) is 4.35. The molecule has 4 unspecified atom stereocenters. The molecule has 1 saturated heterocycles. The Labute approximate surface area is 130 Å². The SMILES string of the molecule is CCCC1(CC)CC2CC2N(C(NC)/C(=C\NC)NC)C1. The minimum absolute atomic E-state index is 0.292. The van der Waals surface area contributed by atoms with Gasteiger partial charge in [0.25, 0.3) is 0 Å². The minimum atomic E-state index is 0.292. The topological polar surface area (TPSA) is 39.3 Å². The van der Waals surface area contributed by atoms with Gasteiger partial charge in [0.1, 0.15) is 6.17 Å². The smallest absolute Gasteiger partial charge is 0.102 e. The third-order valence-corrected chi connectivity index (χ3v) is 5.54. The molecule has 1 heterocycles. The van der Waals surface area contributed by atoms with Gasteiger partial charge in [0, 0.05) is 32.9 Å². The van der Waals surface area contributed by atoms with Crippen molar-refractivity contribution in [3.8, 4) is 0 Å². The van der Waals surface area contributed by atoms with Gasteiger partial charge in [0.05, 0.1) is 5.70 Å². The quantitative estimate of drug-likeness (QED) is 0.641. The number of rotatable bonds is 8. The number of nitrogens with one attached hydrogen (secondary N) is 3. The summed E-state index contributed by atoms with van der Waals surface area (Å²) in [4.78, 5) is 2.72. The van der Waals surface area contributed by atoms with Crippen LogP contribution in [0.25, 0.3) is 0 Å². The molecule has 4 atom stereocenters. The molecular weight excluding hydrogens is 260 g/mol. The highest BCUT2D eigenvalue weighted by Gasteiger charge is 2.53. The highest BCUT2D eigenvalue weighted by atomic mass is 15.3. The molecule has 0 bridgehead atoms. The zero-order valence-electron chi connectivity index (χ0n) is 14.5. The molecule has 1 saturated carbocycles. The molecule has 4 heteroatoms. The second-order valence-electron chi connectivity index (χ2n) is 6.87. The molecule has 0 aromatic heterocycles. The van der Waals surface area contributed by atoms with Crippen LogP contribution in [0.4, 0.5) is 0 Å². The summed E-state index contributed by atoms with van der Waals surface area (Å²) in [7, 11) is 6.06. The number of hydrogen-bond donors (Lipinski definition) is 3. The van der Waals surface area contributed by atoms with Crippen LogP contribution in [-0.2, 0) is 0 Å². The second kappa shape index (κ2) is 7.01. The largest absolute Gasteiger partial charge is 0.392 e. The van der Waals surface area contributed by atoms with E-state index in [0.717, 1.165) is 12.0 Å². The van der Waals surface area contributed by atoms with Gasteiger partial charge in [-0.3, -0.25) is 10.2 Å². The van der Waals surface area contributed by atoms with E-state index in [1.807, 2.05) is 14.1 Å². The van der Waals surface area contributed by atoms with Crippen LogP contribution in [0.5, 0.6) is 0 Å². The summed E-state index contributed by atoms with van der Waals surface area (Å²) in [5, 5.41) is 10.1. The standard InChI is InChI=1S/C17H34N4/c1-6-8-17(7-2)10-13-9-15(13)21(12-17)16(20-5)14(19-4)11-18-3/h11,13,15-16,18-20H,6-10,12H2,1-5H3/b14-11+. The Morgan fingerprint density at radius 2 is 2.10 bits per heavy atom. The van der Waals surface area contributed by atoms with E-state index in [0.29, 0.717) is 11.6 Å². The molecule has 0 aromatic carbocycles. The van der Waals surface area contributed by atoms with Crippen molar-refractivity contribution < 1.29 is 0 Å². The van der Waals surface area contributed by atoms with Gasteiger partial charge >= 0.3 is 0 Å². The van der Waals surface area contributed by atoms with E-state index in [1.54, 1.807) is 0 Å². The van der Waals surface area contributed by atoms with E-state index in [-0.39, 0.29) is 0 Å². The van der Waals surface area contributed by atoms with Crippen LogP contribution in [0, 0.1) is 11.3 Å². The summed E-state index contributed by atoms with van der Waals surface area (Å²) in [5.41, 5.74) is 1.76. The normalized spacial score (nSPS) is 34.2. The lowest BCUT2D eigenvalue weighted by atomic mass is 9.74. The predicted octanol–water partition coefficient (Wildman–Crippen LogP) is 2.10. The van der Waals surface area contributed by atoms with Crippen molar-refractivity contribution in [3.63, 3.8) is 0 Å². The van der Waals surface area contributed by atoms with Gasteiger partial charge in [0.15, 0.2) is 0 Å². The maximum atomic E-state index is 3.52. The Balaban J connectivity index is 2.18. The van der Waals surface area contributed by atoms with Crippen molar-refractivity contribution in [2.75, 3.05) is 27.7 Å². The molecule has 1 aliphatic heterocycles. The maximum Gasteiger partial charge on any atom is 0.102 e. The highest BCUT2D eigenvalue weighted by molar-refractivity contribution is 5.14. The fourth-order valence-electron chi connectivity index (χ4n) is 4.35. The van der Waals surface area contributed by atoms with Crippen LogP contribution in [0.15, 0.2) is 11.9 Å². The molecule has 0 radical (unpaired) electrons. The zero-order valence-corrected chi connectivity index (χ0v) is 14.5. The zero-order chi connectivity index (χ0) is 15.5. The summed E-state index contributed by atoms with van der Waals surface area (Å²) < 4.78 is 0. The van der Waals surface area contributed by atoms with Gasteiger partial charge in [0.2, 0.25) is 0 Å². The summed E-state index contributed by atoms with van der Waals surface area (Å²) in [6, 6.07) is 0.785. The van der Waals surface area contributed by atoms with Crippen LogP contribution in [0.1, 0.15) is 46.0 Å². The lowest BCUT2D eigenvalue weighted by Crippen LogP contribution is -2.55. The van der Waals surface area contributed by atoms with E-state index >= 15 is 0 Å². The van der Waals surface area contributed by atoms with Gasteiger partial charge in [-0.15, -0.1) is 0 Å². The summed E-state index contributed by atoms with van der Waals surface area (Å²) in [5.74, 6) is 0.925. The molecule has 21 heavy (non-hydrogen) atoms. The van der Waals surface area contributed by atoms with E-state index in [4.69, 9.17) is 0 Å². The summed E-state index contributed by atoms with van der Waals surface area (Å²) in [6.07, 6.45) is 9.18. The Kier molecular flexibility index (Phi) is 5.55. The first-order valence-corrected chi connectivity index (χ1v) is 8.62. The van der Waals surface area contributed by atoms with Crippen molar-refractivity contribution >= 4 is 0 Å². The van der Waals surface area contributed by atoms with Crippen LogP contribution >= 0.6 is 0 Å². The fraction of sp³-hybridized carbons (Fsp3) is 0.882. The highest BCUT2D eigenvalue weighted by Crippen LogP contribution is 2.53. The Hall–Kier alpha value is -0.740. The summed E-state index contributed by atoms with van der Waals surface area (Å²) in [6.45, 7) is 5.94. The lowest BCUT2D eigenvalue weighted by molar-refractivity contribution is 0.0397. The molecule has 4 nitrogen and oxygen atoms in total. The molecule has 2 aliphatic rings. The molecule has 0 amide bonds. The molecule has 0 spiro atoms. The van der Waals surface area contributed by atoms with E-state index in [1.165, 1.54) is 44.3 Å². The van der Waals surface area contributed by atoms with Crippen LogP contribution in [0.3, 0.4) is 0 Å². The third kappa shape index (κ3) is 3.37. The molecule has 122 valence electrons. The van der Waals surface area contributed by atoms with Crippen molar-refractivity contribution in [1.29, 1.82) is 0 Å². The Morgan fingerprint density at radius 3 is 2.62 bits per heavy atom. The maximum absolute atomic E-state index is 3.52. The first-order valence-electron chi connectivity index (χ1n) is 8.62. The van der Waals surface area contributed by atoms with Crippen molar-refractivity contribution in [3.05, 3.63) is 11.9 Å². The third-order valence-electron chi connectivity index (χ3n) is 5.54. The molecule has 0 aromatic rings. The predicted molar refractivity (Wildman–Crippen MR) is 89.9 cm³/mol. The monoisotopic (exact) mass is 294 g/mol. The lowest BCUT2D eigenvalue weighted by Gasteiger charge is -2.46. The van der Waals surface area contributed by atoms with Gasteiger partial charge in [-0.25, -0.2) is 0 Å². The van der Waals surface area contributed by atoms with E-state index in [2.05, 4.69) is 47.9 Å². The minimum Gasteiger partial charge on any atom is -0.392 e. The first kappa shape index (κ1) is 16.6. The van der Waals surface area contributed by atoms with Crippen LogP contribution < -0.4 is 16.0 Å². The van der Waals surface area contributed by atoms with E-state index < -0.39 is 0 Å². The number of nitrogens with zero attached hydrogens (tertiary/aromatic N) is 1. The summed E-state index contributed by atoms with van der Waals surface area (Å²) >= 11 is 0. The molecule has 3 N–H and O–H groups in total. The first-order chi connectivity index (χ1) is 10.1. The molecule has 1 aliphatic carbocycles. The van der Waals surface area contributed by atoms with E-state index in [9.17, 15) is 0 Å². The molecule has 2 fully saturated rings. The van der Waals surface area contributed by atoms with Crippen molar-refractivity contribution in [2.45, 2.75) is 58.2 Å². The Morgan fingerprint density at radius 1 is 1.33 bits per heavy atom. The number of fused-ring (bicyclic) bond motifs is 1. The average Bonchev–Trinajstić information content (AvgIpc) is 3.26. The van der Waals surface area contributed by atoms with Gasteiger partial charge in [-0.2, -0.15) is 0 Å². The second-order valence-corrected chi connectivity index (χ2v) is 6.87. The van der Waals surface area contributed by atoms with Gasteiger partial charge in [-0.1, -0.05) is 20.3 Å². The average molecular weight is 294 g/mol. The number of piperidine rings is 1. The van der Waals surface area contributed by atoms with Gasteiger partial charge in [-0.05, 0) is 44.1 Å². The van der Waals surface area contributed by atoms with Crippen LogP contribution in [0.2, 0.25) is 0 Å². The Bertz CT molecular complexity index is 368. The molecular formula is C17H34N4. The van der Waals surface area contributed by atoms with Crippen LogP contribution in [-0.4, -0.2) is 44.8 Å².